The summed E-state index contributed by atoms with van der Waals surface area (Å²) in [5.41, 5.74) is -0.325. The highest BCUT2D eigenvalue weighted by Crippen LogP contribution is 2.34. The van der Waals surface area contributed by atoms with E-state index in [4.69, 9.17) is 16.0 Å². The zero-order chi connectivity index (χ0) is 23.9. The second kappa shape index (κ2) is 8.94. The van der Waals surface area contributed by atoms with Crippen LogP contribution >= 0.6 is 11.6 Å². The highest BCUT2D eigenvalue weighted by Gasteiger charge is 2.43. The fraction of sp³-hybridized carbons (Fsp3) is 0.348. The molecular weight excluding hydrogens is 466 g/mol. The van der Waals surface area contributed by atoms with Crippen LogP contribution in [0, 0.1) is 11.6 Å². The van der Waals surface area contributed by atoms with Gasteiger partial charge < -0.3 is 14.4 Å². The topological polar surface area (TPSA) is 83.5 Å². The summed E-state index contributed by atoms with van der Waals surface area (Å²) in [6.07, 6.45) is 2.80. The van der Waals surface area contributed by atoms with Gasteiger partial charge in [-0.2, -0.15) is 10.1 Å². The fourth-order valence-corrected chi connectivity index (χ4v) is 4.63. The van der Waals surface area contributed by atoms with Gasteiger partial charge in [-0.25, -0.2) is 18.4 Å². The van der Waals surface area contributed by atoms with Crippen LogP contribution in [0.4, 0.5) is 14.8 Å². The summed E-state index contributed by atoms with van der Waals surface area (Å²) in [4.78, 5) is 12.5. The molecule has 4 aromatic rings. The van der Waals surface area contributed by atoms with E-state index in [0.29, 0.717) is 42.8 Å². The van der Waals surface area contributed by atoms with E-state index in [-0.39, 0.29) is 12.1 Å². The first kappa shape index (κ1) is 22.7. The summed E-state index contributed by atoms with van der Waals surface area (Å²) in [6.45, 7) is 4.12. The Labute approximate surface area is 199 Å². The van der Waals surface area contributed by atoms with E-state index >= 15 is 0 Å². The van der Waals surface area contributed by atoms with E-state index in [2.05, 4.69) is 20.0 Å². The minimum atomic E-state index is -1.68. The molecule has 0 bridgehead atoms. The van der Waals surface area contributed by atoms with Gasteiger partial charge in [-0.15, -0.1) is 0 Å². The van der Waals surface area contributed by atoms with Crippen LogP contribution in [0.3, 0.4) is 0 Å². The summed E-state index contributed by atoms with van der Waals surface area (Å²) in [6, 6.07) is 8.52. The van der Waals surface area contributed by atoms with Crippen LogP contribution < -0.4 is 4.90 Å². The molecule has 0 amide bonds. The number of piperazine rings is 1. The molecule has 1 aliphatic heterocycles. The highest BCUT2D eigenvalue weighted by atomic mass is 35.5. The predicted molar refractivity (Wildman–Crippen MR) is 123 cm³/mol. The Morgan fingerprint density at radius 3 is 2.65 bits per heavy atom. The minimum Gasteiger partial charge on any atom is -0.423 e. The minimum absolute atomic E-state index is 0.00941. The molecule has 1 fully saturated rings. The molecule has 0 saturated carbocycles. The van der Waals surface area contributed by atoms with Gasteiger partial charge in [0.05, 0.1) is 6.54 Å². The number of hydrogen-bond acceptors (Lipinski definition) is 7. The van der Waals surface area contributed by atoms with Crippen molar-refractivity contribution in [2.24, 2.45) is 0 Å². The third kappa shape index (κ3) is 4.24. The fourth-order valence-electron chi connectivity index (χ4n) is 4.47. The third-order valence-corrected chi connectivity index (χ3v) is 6.67. The maximum Gasteiger partial charge on any atom is 0.298 e. The molecular formula is C23H23ClF2N6O2. The first-order valence-electron chi connectivity index (χ1n) is 10.9. The molecule has 34 heavy (non-hydrogen) atoms. The summed E-state index contributed by atoms with van der Waals surface area (Å²) in [5.74, 6) is -1.51. The number of halogens is 3. The van der Waals surface area contributed by atoms with E-state index in [1.165, 1.54) is 23.4 Å². The second-order valence-corrected chi connectivity index (χ2v) is 8.89. The number of benzene rings is 2. The summed E-state index contributed by atoms with van der Waals surface area (Å²) in [5, 5.41) is 16.5. The number of aliphatic hydroxyl groups is 1. The Morgan fingerprint density at radius 2 is 1.94 bits per heavy atom. The first-order chi connectivity index (χ1) is 16.3. The summed E-state index contributed by atoms with van der Waals surface area (Å²) in [7, 11) is 0. The molecule has 1 saturated heterocycles. The van der Waals surface area contributed by atoms with Crippen LogP contribution in [0.5, 0.6) is 0 Å². The number of anilines is 1. The Bertz CT molecular complexity index is 1290. The van der Waals surface area contributed by atoms with Crippen molar-refractivity contribution >= 4 is 28.7 Å². The molecule has 2 aromatic carbocycles. The molecule has 11 heteroatoms. The van der Waals surface area contributed by atoms with Crippen LogP contribution in [-0.4, -0.2) is 62.0 Å². The molecule has 3 heterocycles. The second-order valence-electron chi connectivity index (χ2n) is 8.45. The van der Waals surface area contributed by atoms with E-state index in [0.717, 1.165) is 17.6 Å². The maximum absolute atomic E-state index is 14.8. The first-order valence-corrected chi connectivity index (χ1v) is 11.3. The Kier molecular flexibility index (Phi) is 5.97. The standard InChI is InChI=1S/C23H23ClF2N6O2/c1-15(23(33,12-32-14-27-13-28-32)18-4-3-17(25)11-19(18)26)30-6-8-31(9-7-30)22-29-20-5-2-16(24)10-21(20)34-22/h2-5,10-11,13-15,33H,6-9,12H2,1H3. The molecule has 1 N–H and O–H groups in total. The van der Waals surface area contributed by atoms with Gasteiger partial charge in [0.1, 0.15) is 35.4 Å². The number of hydrogen-bond donors (Lipinski definition) is 1. The van der Waals surface area contributed by atoms with Gasteiger partial charge in [0.2, 0.25) is 0 Å². The van der Waals surface area contributed by atoms with Crippen molar-refractivity contribution in [2.45, 2.75) is 25.1 Å². The van der Waals surface area contributed by atoms with Crippen molar-refractivity contribution in [2.75, 3.05) is 31.1 Å². The van der Waals surface area contributed by atoms with Gasteiger partial charge in [0.15, 0.2) is 5.58 Å². The van der Waals surface area contributed by atoms with Gasteiger partial charge in [-0.3, -0.25) is 4.90 Å². The average molecular weight is 489 g/mol. The third-order valence-electron chi connectivity index (χ3n) is 6.43. The molecule has 2 atom stereocenters. The normalized spacial score (nSPS) is 17.7. The van der Waals surface area contributed by atoms with Gasteiger partial charge >= 0.3 is 0 Å². The lowest BCUT2D eigenvalue weighted by molar-refractivity contribution is -0.0651. The number of fused-ring (bicyclic) bond motifs is 1. The van der Waals surface area contributed by atoms with Crippen molar-refractivity contribution in [1.82, 2.24) is 24.6 Å². The highest BCUT2D eigenvalue weighted by molar-refractivity contribution is 6.31. The molecule has 0 aliphatic carbocycles. The Morgan fingerprint density at radius 1 is 1.15 bits per heavy atom. The van der Waals surface area contributed by atoms with Crippen molar-refractivity contribution in [3.63, 3.8) is 0 Å². The van der Waals surface area contributed by atoms with E-state index in [9.17, 15) is 13.9 Å². The number of rotatable bonds is 6. The molecule has 8 nitrogen and oxygen atoms in total. The van der Waals surface area contributed by atoms with Crippen LogP contribution in [0.15, 0.2) is 53.5 Å². The number of nitrogens with zero attached hydrogens (tertiary/aromatic N) is 6. The van der Waals surface area contributed by atoms with E-state index in [1.807, 2.05) is 17.9 Å². The van der Waals surface area contributed by atoms with Crippen molar-refractivity contribution in [3.05, 3.63) is 71.3 Å². The molecule has 2 aromatic heterocycles. The van der Waals surface area contributed by atoms with Crippen LogP contribution in [-0.2, 0) is 12.1 Å². The molecule has 5 rings (SSSR count). The molecule has 0 spiro atoms. The molecule has 0 radical (unpaired) electrons. The smallest absolute Gasteiger partial charge is 0.298 e. The van der Waals surface area contributed by atoms with Crippen molar-refractivity contribution in [1.29, 1.82) is 0 Å². The summed E-state index contributed by atoms with van der Waals surface area (Å²) >= 11 is 6.04. The Balaban J connectivity index is 1.37. The van der Waals surface area contributed by atoms with E-state index < -0.39 is 23.3 Å². The lowest BCUT2D eigenvalue weighted by Crippen LogP contribution is -2.57. The zero-order valence-electron chi connectivity index (χ0n) is 18.4. The molecule has 1 aliphatic rings. The SMILES string of the molecule is CC(N1CCN(c2nc3ccc(Cl)cc3o2)CC1)C(O)(Cn1cncn1)c1ccc(F)cc1F. The lowest BCUT2D eigenvalue weighted by Gasteiger charge is -2.44. The van der Waals surface area contributed by atoms with Gasteiger partial charge in [-0.05, 0) is 25.1 Å². The lowest BCUT2D eigenvalue weighted by atomic mass is 9.85. The van der Waals surface area contributed by atoms with Gasteiger partial charge in [0.25, 0.3) is 6.01 Å². The number of aromatic nitrogens is 4. The van der Waals surface area contributed by atoms with Crippen molar-refractivity contribution in [3.8, 4) is 0 Å². The quantitative estimate of drug-likeness (QED) is 0.445. The summed E-state index contributed by atoms with van der Waals surface area (Å²) < 4.78 is 35.7. The maximum atomic E-state index is 14.8. The van der Waals surface area contributed by atoms with Crippen LogP contribution in [0.25, 0.3) is 11.1 Å². The molecule has 178 valence electrons. The molecule has 2 unspecified atom stereocenters. The van der Waals surface area contributed by atoms with Crippen LogP contribution in [0.1, 0.15) is 12.5 Å². The largest absolute Gasteiger partial charge is 0.423 e. The van der Waals surface area contributed by atoms with Gasteiger partial charge in [-0.1, -0.05) is 17.7 Å². The van der Waals surface area contributed by atoms with E-state index in [1.54, 1.807) is 12.1 Å². The van der Waals surface area contributed by atoms with Crippen molar-refractivity contribution < 1.29 is 18.3 Å². The average Bonchev–Trinajstić information content (AvgIpc) is 3.48. The predicted octanol–water partition coefficient (Wildman–Crippen LogP) is 3.45. The number of oxazole rings is 1. The Hall–Kier alpha value is -3.08. The van der Waals surface area contributed by atoms with Crippen LogP contribution in [0.2, 0.25) is 5.02 Å². The van der Waals surface area contributed by atoms with Gasteiger partial charge in [0, 0.05) is 54.9 Å². The monoisotopic (exact) mass is 488 g/mol. The zero-order valence-corrected chi connectivity index (χ0v) is 19.2.